The van der Waals surface area contributed by atoms with Gasteiger partial charge in [-0.2, -0.15) is 0 Å². The van der Waals surface area contributed by atoms with Crippen molar-refractivity contribution >= 4 is 11.3 Å². The predicted octanol–water partition coefficient (Wildman–Crippen LogP) is 0.945. The van der Waals surface area contributed by atoms with Crippen molar-refractivity contribution in [2.75, 3.05) is 19.8 Å². The van der Waals surface area contributed by atoms with Gasteiger partial charge in [0.2, 0.25) is 0 Å². The van der Waals surface area contributed by atoms with Crippen LogP contribution in [0.4, 0.5) is 0 Å². The molecule has 84 valence electrons. The number of aromatic nitrogens is 1. The lowest BCUT2D eigenvalue weighted by Gasteiger charge is -2.23. The van der Waals surface area contributed by atoms with Crippen LogP contribution in [0.25, 0.3) is 0 Å². The topological polar surface area (TPSA) is 54.4 Å². The summed E-state index contributed by atoms with van der Waals surface area (Å²) in [6.45, 7) is 3.70. The molecule has 2 heterocycles. The maximum absolute atomic E-state index is 10.0. The Hall–Kier alpha value is -0.490. The molecule has 0 aliphatic carbocycles. The van der Waals surface area contributed by atoms with E-state index in [0.717, 1.165) is 5.69 Å². The molecule has 1 aromatic rings. The van der Waals surface area contributed by atoms with Gasteiger partial charge >= 0.3 is 0 Å². The van der Waals surface area contributed by atoms with Gasteiger partial charge in [0.25, 0.3) is 0 Å². The van der Waals surface area contributed by atoms with E-state index in [4.69, 9.17) is 4.74 Å². The maximum atomic E-state index is 10.0. The first kappa shape index (κ1) is 11.0. The average Bonchev–Trinajstić information content (AvgIpc) is 2.85. The van der Waals surface area contributed by atoms with Crippen LogP contribution in [0, 0.1) is 0 Å². The highest BCUT2D eigenvalue weighted by molar-refractivity contribution is 7.07. The fourth-order valence-electron chi connectivity index (χ4n) is 1.62. The van der Waals surface area contributed by atoms with E-state index in [9.17, 15) is 5.11 Å². The average molecular weight is 228 g/mol. The van der Waals surface area contributed by atoms with Crippen LogP contribution in [0.2, 0.25) is 0 Å². The van der Waals surface area contributed by atoms with E-state index in [2.05, 4.69) is 10.3 Å². The zero-order valence-corrected chi connectivity index (χ0v) is 9.59. The molecule has 0 spiro atoms. The summed E-state index contributed by atoms with van der Waals surface area (Å²) in [4.78, 5) is 4.23. The number of ether oxygens (including phenoxy) is 1. The predicted molar refractivity (Wildman–Crippen MR) is 58.9 cm³/mol. The second-order valence-corrected chi connectivity index (χ2v) is 4.76. The molecule has 0 radical (unpaired) electrons. The van der Waals surface area contributed by atoms with Gasteiger partial charge in [0.1, 0.15) is 5.60 Å². The lowest BCUT2D eigenvalue weighted by molar-refractivity contribution is 0.0251. The number of nitrogens with zero attached hydrogens (tertiary/aromatic N) is 1. The highest BCUT2D eigenvalue weighted by atomic mass is 32.1. The quantitative estimate of drug-likeness (QED) is 0.805. The van der Waals surface area contributed by atoms with Gasteiger partial charge in [-0.15, -0.1) is 11.3 Å². The minimum Gasteiger partial charge on any atom is -0.386 e. The summed E-state index contributed by atoms with van der Waals surface area (Å²) < 4.78 is 5.18. The number of nitrogens with one attached hydrogen (secondary N) is 1. The Morgan fingerprint density at radius 2 is 2.67 bits per heavy atom. The minimum absolute atomic E-state index is 0.181. The Kier molecular flexibility index (Phi) is 3.35. The maximum Gasteiger partial charge on any atom is 0.103 e. The van der Waals surface area contributed by atoms with Crippen LogP contribution in [0.5, 0.6) is 0 Å². The van der Waals surface area contributed by atoms with Crippen LogP contribution in [-0.4, -0.2) is 35.5 Å². The fraction of sp³-hybridized carbons (Fsp3) is 0.700. The molecular weight excluding hydrogens is 212 g/mol. The fourth-order valence-corrected chi connectivity index (χ4v) is 2.27. The van der Waals surface area contributed by atoms with Crippen molar-refractivity contribution in [1.82, 2.24) is 10.3 Å². The van der Waals surface area contributed by atoms with Gasteiger partial charge in [-0.25, -0.2) is 4.98 Å². The lowest BCUT2D eigenvalue weighted by atomic mass is 10.0. The zero-order chi connectivity index (χ0) is 10.7. The third-order valence-electron chi connectivity index (χ3n) is 2.71. The van der Waals surface area contributed by atoms with Gasteiger partial charge in [0.05, 0.1) is 17.8 Å². The highest BCUT2D eigenvalue weighted by Crippen LogP contribution is 2.19. The third kappa shape index (κ3) is 2.75. The first-order valence-electron chi connectivity index (χ1n) is 5.11. The van der Waals surface area contributed by atoms with Crippen molar-refractivity contribution in [3.63, 3.8) is 0 Å². The molecule has 0 saturated carbocycles. The van der Waals surface area contributed by atoms with Crippen molar-refractivity contribution in [1.29, 1.82) is 0 Å². The monoisotopic (exact) mass is 228 g/mol. The van der Waals surface area contributed by atoms with Gasteiger partial charge in [0, 0.05) is 31.0 Å². The van der Waals surface area contributed by atoms with Crippen molar-refractivity contribution in [3.8, 4) is 0 Å². The minimum atomic E-state index is -0.690. The first-order chi connectivity index (χ1) is 7.20. The van der Waals surface area contributed by atoms with Gasteiger partial charge < -0.3 is 15.2 Å². The van der Waals surface area contributed by atoms with Crippen molar-refractivity contribution in [2.24, 2.45) is 0 Å². The number of rotatable bonds is 4. The normalized spacial score (nSPS) is 28.1. The van der Waals surface area contributed by atoms with Crippen LogP contribution in [0.3, 0.4) is 0 Å². The van der Waals surface area contributed by atoms with Gasteiger partial charge in [0.15, 0.2) is 0 Å². The molecule has 15 heavy (non-hydrogen) atoms. The molecule has 1 aliphatic heterocycles. The first-order valence-corrected chi connectivity index (χ1v) is 6.05. The molecule has 1 saturated heterocycles. The molecule has 2 atom stereocenters. The third-order valence-corrected chi connectivity index (χ3v) is 3.32. The SMILES string of the molecule is CC(NCC1(O)CCOC1)c1cscn1. The highest BCUT2D eigenvalue weighted by Gasteiger charge is 2.32. The number of hydrogen-bond donors (Lipinski definition) is 2. The van der Waals surface area contributed by atoms with Gasteiger partial charge in [-0.1, -0.05) is 0 Å². The van der Waals surface area contributed by atoms with Crippen molar-refractivity contribution in [2.45, 2.75) is 25.0 Å². The molecule has 4 nitrogen and oxygen atoms in total. The molecule has 2 unspecified atom stereocenters. The van der Waals surface area contributed by atoms with Crippen LogP contribution >= 0.6 is 11.3 Å². The van der Waals surface area contributed by atoms with Crippen molar-refractivity contribution in [3.05, 3.63) is 16.6 Å². The summed E-state index contributed by atoms with van der Waals surface area (Å²) in [5, 5.41) is 15.3. The Morgan fingerprint density at radius 1 is 1.80 bits per heavy atom. The lowest BCUT2D eigenvalue weighted by Crippen LogP contribution is -2.41. The van der Waals surface area contributed by atoms with E-state index in [1.165, 1.54) is 0 Å². The Bertz CT molecular complexity index is 296. The largest absolute Gasteiger partial charge is 0.386 e. The Labute approximate surface area is 93.3 Å². The summed E-state index contributed by atoms with van der Waals surface area (Å²) in [5.74, 6) is 0. The van der Waals surface area contributed by atoms with Gasteiger partial charge in [-0.05, 0) is 6.92 Å². The molecule has 5 heteroatoms. The summed E-state index contributed by atoms with van der Waals surface area (Å²) >= 11 is 1.59. The molecule has 2 N–H and O–H groups in total. The van der Waals surface area contributed by atoms with Gasteiger partial charge in [-0.3, -0.25) is 0 Å². The summed E-state index contributed by atoms with van der Waals surface area (Å²) in [6, 6.07) is 0.181. The van der Waals surface area contributed by atoms with E-state index < -0.39 is 5.60 Å². The molecule has 1 aromatic heterocycles. The molecule has 2 rings (SSSR count). The Balaban J connectivity index is 1.83. The second kappa shape index (κ2) is 4.57. The summed E-state index contributed by atoms with van der Waals surface area (Å²) in [6.07, 6.45) is 0.712. The van der Waals surface area contributed by atoms with Crippen LogP contribution in [-0.2, 0) is 4.74 Å². The molecule has 1 aliphatic rings. The van der Waals surface area contributed by atoms with E-state index in [0.29, 0.717) is 26.2 Å². The summed E-state index contributed by atoms with van der Waals surface area (Å²) in [5.41, 5.74) is 2.16. The smallest absolute Gasteiger partial charge is 0.103 e. The van der Waals surface area contributed by atoms with Crippen LogP contribution in [0.1, 0.15) is 25.1 Å². The molecule has 1 fully saturated rings. The molecule has 0 aromatic carbocycles. The number of thiazole rings is 1. The van der Waals surface area contributed by atoms with E-state index in [1.54, 1.807) is 11.3 Å². The van der Waals surface area contributed by atoms with Crippen molar-refractivity contribution < 1.29 is 9.84 Å². The van der Waals surface area contributed by atoms with E-state index in [1.807, 2.05) is 17.8 Å². The second-order valence-electron chi connectivity index (χ2n) is 4.04. The standard InChI is InChI=1S/C10H16N2O2S/c1-8(9-4-15-7-12-9)11-5-10(13)2-3-14-6-10/h4,7-8,11,13H,2-3,5-6H2,1H3. The zero-order valence-electron chi connectivity index (χ0n) is 8.77. The molecule has 0 bridgehead atoms. The Morgan fingerprint density at radius 3 is 3.27 bits per heavy atom. The van der Waals surface area contributed by atoms with E-state index >= 15 is 0 Å². The molecular formula is C10H16N2O2S. The van der Waals surface area contributed by atoms with E-state index in [-0.39, 0.29) is 6.04 Å². The number of aliphatic hydroxyl groups is 1. The number of hydrogen-bond acceptors (Lipinski definition) is 5. The molecule has 0 amide bonds. The summed E-state index contributed by atoms with van der Waals surface area (Å²) in [7, 11) is 0. The van der Waals surface area contributed by atoms with Crippen LogP contribution < -0.4 is 5.32 Å². The van der Waals surface area contributed by atoms with Crippen LogP contribution in [0.15, 0.2) is 10.9 Å².